The maximum Gasteiger partial charge on any atom is 0.267 e. The predicted molar refractivity (Wildman–Crippen MR) is 91.9 cm³/mol. The Bertz CT molecular complexity index is 758. The third kappa shape index (κ3) is 3.40. The lowest BCUT2D eigenvalue weighted by Crippen LogP contribution is -2.42. The van der Waals surface area contributed by atoms with Gasteiger partial charge < -0.3 is 15.0 Å². The molecule has 5 nitrogen and oxygen atoms in total. The van der Waals surface area contributed by atoms with E-state index in [2.05, 4.69) is 5.32 Å². The second-order valence-electron chi connectivity index (χ2n) is 5.90. The number of rotatable bonds is 4. The van der Waals surface area contributed by atoms with Crippen molar-refractivity contribution in [3.8, 4) is 5.75 Å². The molecule has 1 atom stereocenters. The largest absolute Gasteiger partial charge is 0.479 e. The molecule has 0 aliphatic carbocycles. The van der Waals surface area contributed by atoms with Crippen LogP contribution in [0.5, 0.6) is 5.75 Å². The number of benzene rings is 2. The minimum atomic E-state index is -0.484. The fraction of sp³-hybridized carbons (Fsp3) is 0.263. The van der Waals surface area contributed by atoms with Gasteiger partial charge >= 0.3 is 0 Å². The highest BCUT2D eigenvalue weighted by Gasteiger charge is 2.28. The molecule has 3 rings (SSSR count). The average molecular weight is 324 g/mol. The zero-order chi connectivity index (χ0) is 17.1. The summed E-state index contributed by atoms with van der Waals surface area (Å²) in [4.78, 5) is 25.7. The fourth-order valence-electron chi connectivity index (χ4n) is 2.71. The molecule has 2 aromatic rings. The Morgan fingerprint density at radius 1 is 1.17 bits per heavy atom. The summed E-state index contributed by atoms with van der Waals surface area (Å²) in [6.07, 6.45) is -0.222. The van der Waals surface area contributed by atoms with Crippen LogP contribution in [0.4, 0.5) is 5.69 Å². The summed E-state index contributed by atoms with van der Waals surface area (Å²) < 4.78 is 5.59. The van der Waals surface area contributed by atoms with Gasteiger partial charge in [-0.2, -0.15) is 0 Å². The number of likely N-dealkylation sites (N-methyl/N-ethyl adjacent to an activating group) is 1. The van der Waals surface area contributed by atoms with E-state index in [9.17, 15) is 9.59 Å². The molecule has 0 radical (unpaired) electrons. The van der Waals surface area contributed by atoms with Crippen LogP contribution in [-0.4, -0.2) is 25.0 Å². The first-order chi connectivity index (χ1) is 11.5. The molecule has 1 unspecified atom stereocenters. The normalized spacial score (nSPS) is 16.3. The highest BCUT2D eigenvalue weighted by Crippen LogP contribution is 2.33. The number of carbonyl (C=O) groups excluding carboxylic acids is 2. The first-order valence-electron chi connectivity index (χ1n) is 7.92. The minimum absolute atomic E-state index is 0.0575. The molecule has 0 aromatic heterocycles. The highest BCUT2D eigenvalue weighted by molar-refractivity contribution is 5.99. The number of amides is 2. The minimum Gasteiger partial charge on any atom is -0.479 e. The Morgan fingerprint density at radius 3 is 2.67 bits per heavy atom. The topological polar surface area (TPSA) is 58.6 Å². The van der Waals surface area contributed by atoms with E-state index < -0.39 is 6.10 Å². The van der Waals surface area contributed by atoms with Crippen molar-refractivity contribution in [2.75, 3.05) is 11.9 Å². The summed E-state index contributed by atoms with van der Waals surface area (Å²) in [6, 6.07) is 15.3. The Balaban J connectivity index is 1.66. The van der Waals surface area contributed by atoms with E-state index in [1.54, 1.807) is 18.9 Å². The predicted octanol–water partition coefficient (Wildman–Crippen LogP) is 2.29. The summed E-state index contributed by atoms with van der Waals surface area (Å²) in [6.45, 7) is 2.23. The van der Waals surface area contributed by atoms with E-state index in [0.717, 1.165) is 11.1 Å². The number of nitrogens with zero attached hydrogens (tertiary/aromatic N) is 1. The molecule has 0 saturated carbocycles. The first-order valence-corrected chi connectivity index (χ1v) is 7.92. The van der Waals surface area contributed by atoms with Gasteiger partial charge in [-0.15, -0.1) is 0 Å². The van der Waals surface area contributed by atoms with E-state index in [0.29, 0.717) is 18.0 Å². The second kappa shape index (κ2) is 6.74. The molecule has 0 spiro atoms. The molecule has 0 bridgehead atoms. The van der Waals surface area contributed by atoms with Crippen molar-refractivity contribution in [1.82, 2.24) is 5.32 Å². The van der Waals surface area contributed by atoms with Crippen LogP contribution in [0.3, 0.4) is 0 Å². The average Bonchev–Trinajstić information content (AvgIpc) is 2.59. The van der Waals surface area contributed by atoms with Crippen LogP contribution in [0.2, 0.25) is 0 Å². The van der Waals surface area contributed by atoms with Crippen molar-refractivity contribution in [3.63, 3.8) is 0 Å². The Labute approximate surface area is 141 Å². The molecular weight excluding hydrogens is 304 g/mol. The van der Waals surface area contributed by atoms with Crippen molar-refractivity contribution < 1.29 is 14.3 Å². The highest BCUT2D eigenvalue weighted by atomic mass is 16.5. The smallest absolute Gasteiger partial charge is 0.267 e. The summed E-state index contributed by atoms with van der Waals surface area (Å²) in [5.41, 5.74) is 2.60. The SMILES string of the molecule is CC1Oc2ccc(CC(=O)NCc3ccccc3)cc2N(C)C1=O. The van der Waals surface area contributed by atoms with Gasteiger partial charge in [-0.3, -0.25) is 9.59 Å². The molecule has 0 fully saturated rings. The number of fused-ring (bicyclic) bond motifs is 1. The molecule has 2 amide bonds. The number of anilines is 1. The summed E-state index contributed by atoms with van der Waals surface area (Å²) >= 11 is 0. The molecule has 1 aliphatic rings. The van der Waals surface area contributed by atoms with E-state index in [-0.39, 0.29) is 18.2 Å². The van der Waals surface area contributed by atoms with Crippen LogP contribution < -0.4 is 15.0 Å². The first kappa shape index (κ1) is 16.1. The van der Waals surface area contributed by atoms with Gasteiger partial charge in [-0.05, 0) is 30.2 Å². The zero-order valence-corrected chi connectivity index (χ0v) is 13.8. The van der Waals surface area contributed by atoms with Crippen molar-refractivity contribution in [2.24, 2.45) is 0 Å². The Kier molecular flexibility index (Phi) is 4.51. The summed E-state index contributed by atoms with van der Waals surface area (Å²) in [5.74, 6) is 0.518. The lowest BCUT2D eigenvalue weighted by molar-refractivity contribution is -0.125. The van der Waals surface area contributed by atoms with Gasteiger partial charge in [-0.1, -0.05) is 36.4 Å². The van der Waals surface area contributed by atoms with Gasteiger partial charge in [-0.25, -0.2) is 0 Å². The lowest BCUT2D eigenvalue weighted by Gasteiger charge is -2.30. The quantitative estimate of drug-likeness (QED) is 0.939. The molecular formula is C19H20N2O3. The second-order valence-corrected chi connectivity index (χ2v) is 5.90. The van der Waals surface area contributed by atoms with Crippen LogP contribution in [0.1, 0.15) is 18.1 Å². The molecule has 1 aliphatic heterocycles. The monoisotopic (exact) mass is 324 g/mol. The molecule has 2 aromatic carbocycles. The molecule has 1 heterocycles. The van der Waals surface area contributed by atoms with Gasteiger partial charge in [0.05, 0.1) is 12.1 Å². The number of nitrogens with one attached hydrogen (secondary N) is 1. The van der Waals surface area contributed by atoms with Crippen LogP contribution in [-0.2, 0) is 22.6 Å². The third-order valence-corrected chi connectivity index (χ3v) is 4.06. The number of ether oxygens (including phenoxy) is 1. The molecule has 5 heteroatoms. The van der Waals surface area contributed by atoms with Crippen molar-refractivity contribution in [3.05, 3.63) is 59.7 Å². The van der Waals surface area contributed by atoms with E-state index in [4.69, 9.17) is 4.74 Å². The van der Waals surface area contributed by atoms with Crippen molar-refractivity contribution in [2.45, 2.75) is 26.0 Å². The van der Waals surface area contributed by atoms with Crippen LogP contribution in [0.25, 0.3) is 0 Å². The van der Waals surface area contributed by atoms with Crippen molar-refractivity contribution in [1.29, 1.82) is 0 Å². The number of carbonyl (C=O) groups is 2. The molecule has 24 heavy (non-hydrogen) atoms. The maximum atomic E-state index is 12.1. The lowest BCUT2D eigenvalue weighted by atomic mass is 10.1. The Hall–Kier alpha value is -2.82. The third-order valence-electron chi connectivity index (χ3n) is 4.06. The standard InChI is InChI=1S/C19H20N2O3/c1-13-19(23)21(2)16-10-15(8-9-17(16)24-13)11-18(22)20-12-14-6-4-3-5-7-14/h3-10,13H,11-12H2,1-2H3,(H,20,22). The van der Waals surface area contributed by atoms with Gasteiger partial charge in [0.25, 0.3) is 5.91 Å². The number of hydrogen-bond donors (Lipinski definition) is 1. The van der Waals surface area contributed by atoms with E-state index in [1.165, 1.54) is 0 Å². The fourth-order valence-corrected chi connectivity index (χ4v) is 2.71. The summed E-state index contributed by atoms with van der Waals surface area (Å²) in [7, 11) is 1.72. The molecule has 124 valence electrons. The van der Waals surface area contributed by atoms with E-state index >= 15 is 0 Å². The van der Waals surface area contributed by atoms with E-state index in [1.807, 2.05) is 48.5 Å². The van der Waals surface area contributed by atoms with Gasteiger partial charge in [0.15, 0.2) is 6.10 Å². The molecule has 1 N–H and O–H groups in total. The maximum absolute atomic E-state index is 12.1. The number of hydrogen-bond acceptors (Lipinski definition) is 3. The summed E-state index contributed by atoms with van der Waals surface area (Å²) in [5, 5.41) is 2.90. The molecule has 0 saturated heterocycles. The zero-order valence-electron chi connectivity index (χ0n) is 13.8. The van der Waals surface area contributed by atoms with Crippen LogP contribution >= 0.6 is 0 Å². The van der Waals surface area contributed by atoms with Gasteiger partial charge in [0.2, 0.25) is 5.91 Å². The van der Waals surface area contributed by atoms with Gasteiger partial charge in [0.1, 0.15) is 5.75 Å². The Morgan fingerprint density at radius 2 is 1.92 bits per heavy atom. The van der Waals surface area contributed by atoms with Crippen LogP contribution in [0, 0.1) is 0 Å². The van der Waals surface area contributed by atoms with Crippen molar-refractivity contribution >= 4 is 17.5 Å². The van der Waals surface area contributed by atoms with Crippen LogP contribution in [0.15, 0.2) is 48.5 Å². The van der Waals surface area contributed by atoms with Gasteiger partial charge in [0, 0.05) is 13.6 Å².